The minimum absolute atomic E-state index is 0.390. The Labute approximate surface area is 197 Å². The highest BCUT2D eigenvalue weighted by molar-refractivity contribution is 6.33. The molecule has 1 aliphatic rings. The Hall–Kier alpha value is -3.29. The van der Waals surface area contributed by atoms with Crippen molar-refractivity contribution in [3.05, 3.63) is 65.4 Å². The van der Waals surface area contributed by atoms with Crippen LogP contribution in [0, 0.1) is 6.92 Å². The van der Waals surface area contributed by atoms with E-state index in [0.29, 0.717) is 34.4 Å². The van der Waals surface area contributed by atoms with Gasteiger partial charge in [-0.25, -0.2) is 4.98 Å². The average molecular weight is 461 g/mol. The summed E-state index contributed by atoms with van der Waals surface area (Å²) in [6.45, 7) is 5.77. The van der Waals surface area contributed by atoms with Gasteiger partial charge in [-0.05, 0) is 74.8 Å². The number of ether oxygens (including phenoxy) is 1. The summed E-state index contributed by atoms with van der Waals surface area (Å²) in [6.07, 6.45) is 5.94. The zero-order valence-corrected chi connectivity index (χ0v) is 19.2. The standard InChI is InChI=1S/C25H25ClN6O/c1-17-6-7-21(26)20(13-17)18-14-22-24(23(15-18)33-12-11-32-9-2-3-10-32)29-25(31-30-22)28-19-5-4-8-27-16-19/h4-8,13-16H,2-3,9-12H2,1H3,(H,28,29,31). The Kier molecular flexibility index (Phi) is 6.32. The molecule has 33 heavy (non-hydrogen) atoms. The molecular weight excluding hydrogens is 436 g/mol. The molecule has 0 saturated carbocycles. The third-order valence-electron chi connectivity index (χ3n) is 5.74. The van der Waals surface area contributed by atoms with Crippen LogP contribution in [0.5, 0.6) is 5.75 Å². The number of nitrogens with zero attached hydrogens (tertiary/aromatic N) is 5. The summed E-state index contributed by atoms with van der Waals surface area (Å²) in [5.74, 6) is 1.06. The van der Waals surface area contributed by atoms with Gasteiger partial charge in [-0.1, -0.05) is 23.2 Å². The number of hydrogen-bond donors (Lipinski definition) is 1. The van der Waals surface area contributed by atoms with Crippen LogP contribution in [0.4, 0.5) is 11.6 Å². The molecule has 1 saturated heterocycles. The van der Waals surface area contributed by atoms with Gasteiger partial charge < -0.3 is 10.1 Å². The maximum absolute atomic E-state index is 6.53. The van der Waals surface area contributed by atoms with Crippen molar-refractivity contribution in [3.63, 3.8) is 0 Å². The highest BCUT2D eigenvalue weighted by atomic mass is 35.5. The lowest BCUT2D eigenvalue weighted by molar-refractivity contribution is 0.239. The Morgan fingerprint density at radius 3 is 2.79 bits per heavy atom. The number of hydrogen-bond acceptors (Lipinski definition) is 7. The second kappa shape index (κ2) is 9.68. The monoisotopic (exact) mass is 460 g/mol. The lowest BCUT2D eigenvalue weighted by Gasteiger charge is -2.16. The highest BCUT2D eigenvalue weighted by Gasteiger charge is 2.15. The number of benzene rings is 2. The summed E-state index contributed by atoms with van der Waals surface area (Å²) in [5, 5.41) is 12.5. The average Bonchev–Trinajstić information content (AvgIpc) is 3.35. The van der Waals surface area contributed by atoms with Gasteiger partial charge in [0.25, 0.3) is 0 Å². The first-order chi connectivity index (χ1) is 16.2. The maximum atomic E-state index is 6.53. The van der Waals surface area contributed by atoms with Gasteiger partial charge in [0.15, 0.2) is 0 Å². The van der Waals surface area contributed by atoms with E-state index in [-0.39, 0.29) is 0 Å². The first kappa shape index (κ1) is 21.6. The Bertz CT molecular complexity index is 1260. The van der Waals surface area contributed by atoms with Gasteiger partial charge in [0.05, 0.1) is 11.9 Å². The predicted octanol–water partition coefficient (Wildman–Crippen LogP) is 5.27. The fourth-order valence-electron chi connectivity index (χ4n) is 4.05. The zero-order valence-electron chi connectivity index (χ0n) is 18.5. The van der Waals surface area contributed by atoms with Crippen molar-refractivity contribution < 1.29 is 4.74 Å². The van der Waals surface area contributed by atoms with E-state index in [9.17, 15) is 0 Å². The molecule has 0 bridgehead atoms. The molecule has 4 aromatic rings. The van der Waals surface area contributed by atoms with E-state index in [1.54, 1.807) is 12.4 Å². The topological polar surface area (TPSA) is 76.1 Å². The van der Waals surface area contributed by atoms with Crippen LogP contribution in [0.25, 0.3) is 22.2 Å². The number of aromatic nitrogens is 4. The zero-order chi connectivity index (χ0) is 22.6. The first-order valence-electron chi connectivity index (χ1n) is 11.1. The van der Waals surface area contributed by atoms with Crippen LogP contribution in [0.1, 0.15) is 18.4 Å². The molecule has 2 aromatic carbocycles. The van der Waals surface area contributed by atoms with Crippen LogP contribution in [0.3, 0.4) is 0 Å². The van der Waals surface area contributed by atoms with Crippen molar-refractivity contribution in [3.8, 4) is 16.9 Å². The summed E-state index contributed by atoms with van der Waals surface area (Å²) in [7, 11) is 0. The third kappa shape index (κ3) is 5.05. The summed E-state index contributed by atoms with van der Waals surface area (Å²) in [5.41, 5.74) is 5.09. The second-order valence-electron chi connectivity index (χ2n) is 8.22. The van der Waals surface area contributed by atoms with Crippen LogP contribution >= 0.6 is 11.6 Å². The predicted molar refractivity (Wildman–Crippen MR) is 131 cm³/mol. The van der Waals surface area contributed by atoms with Crippen LogP contribution < -0.4 is 10.1 Å². The minimum atomic E-state index is 0.390. The van der Waals surface area contributed by atoms with Gasteiger partial charge in [-0.3, -0.25) is 9.88 Å². The molecule has 1 N–H and O–H groups in total. The lowest BCUT2D eigenvalue weighted by Crippen LogP contribution is -2.25. The first-order valence-corrected chi connectivity index (χ1v) is 11.5. The molecule has 168 valence electrons. The van der Waals surface area contributed by atoms with E-state index in [0.717, 1.165) is 42.0 Å². The largest absolute Gasteiger partial charge is 0.490 e. The smallest absolute Gasteiger partial charge is 0.247 e. The molecule has 0 aliphatic carbocycles. The van der Waals surface area contributed by atoms with Gasteiger partial charge in [0, 0.05) is 23.3 Å². The molecule has 1 aliphatic heterocycles. The van der Waals surface area contributed by atoms with Gasteiger partial charge in [0.1, 0.15) is 23.4 Å². The molecule has 1 fully saturated rings. The normalized spacial score (nSPS) is 14.0. The summed E-state index contributed by atoms with van der Waals surface area (Å²) in [4.78, 5) is 11.3. The van der Waals surface area contributed by atoms with Gasteiger partial charge in [-0.15, -0.1) is 10.2 Å². The Morgan fingerprint density at radius 1 is 1.09 bits per heavy atom. The van der Waals surface area contributed by atoms with Crippen molar-refractivity contribution in [1.29, 1.82) is 0 Å². The van der Waals surface area contributed by atoms with Crippen LogP contribution in [-0.2, 0) is 0 Å². The minimum Gasteiger partial charge on any atom is -0.490 e. The molecule has 7 nitrogen and oxygen atoms in total. The summed E-state index contributed by atoms with van der Waals surface area (Å²) in [6, 6.07) is 13.7. The number of likely N-dealkylation sites (tertiary alicyclic amines) is 1. The molecule has 5 rings (SSSR count). The van der Waals surface area contributed by atoms with Crippen LogP contribution in [0.2, 0.25) is 5.02 Å². The van der Waals surface area contributed by atoms with Crippen LogP contribution in [-0.4, -0.2) is 51.3 Å². The summed E-state index contributed by atoms with van der Waals surface area (Å²) < 4.78 is 6.26. The lowest BCUT2D eigenvalue weighted by atomic mass is 10.0. The van der Waals surface area contributed by atoms with Crippen molar-refractivity contribution in [2.75, 3.05) is 31.6 Å². The van der Waals surface area contributed by atoms with E-state index in [1.807, 2.05) is 43.3 Å². The molecule has 0 atom stereocenters. The Balaban J connectivity index is 1.51. The van der Waals surface area contributed by atoms with E-state index in [1.165, 1.54) is 12.8 Å². The molecule has 0 spiro atoms. The quantitative estimate of drug-likeness (QED) is 0.402. The number of fused-ring (bicyclic) bond motifs is 1. The van der Waals surface area contributed by atoms with Crippen molar-refractivity contribution in [2.24, 2.45) is 0 Å². The number of anilines is 2. The van der Waals surface area contributed by atoms with E-state index >= 15 is 0 Å². The molecule has 0 radical (unpaired) electrons. The molecular formula is C25H25ClN6O. The molecule has 3 heterocycles. The fourth-order valence-corrected chi connectivity index (χ4v) is 4.27. The van der Waals surface area contributed by atoms with Crippen molar-refractivity contribution in [2.45, 2.75) is 19.8 Å². The summed E-state index contributed by atoms with van der Waals surface area (Å²) >= 11 is 6.53. The third-order valence-corrected chi connectivity index (χ3v) is 6.07. The number of aryl methyl sites for hydroxylation is 1. The van der Waals surface area contributed by atoms with Gasteiger partial charge in [0.2, 0.25) is 5.95 Å². The molecule has 2 aromatic heterocycles. The van der Waals surface area contributed by atoms with Crippen LogP contribution in [0.15, 0.2) is 54.9 Å². The number of halogens is 1. The molecule has 0 amide bonds. The van der Waals surface area contributed by atoms with E-state index in [2.05, 4.69) is 31.5 Å². The highest BCUT2D eigenvalue weighted by Crippen LogP contribution is 2.35. The van der Waals surface area contributed by atoms with E-state index in [4.69, 9.17) is 21.3 Å². The number of pyridine rings is 1. The van der Waals surface area contributed by atoms with Gasteiger partial charge >= 0.3 is 0 Å². The molecule has 8 heteroatoms. The van der Waals surface area contributed by atoms with Gasteiger partial charge in [-0.2, -0.15) is 0 Å². The SMILES string of the molecule is Cc1ccc(Cl)c(-c2cc(OCCN3CCCC3)c3nc(Nc4cccnc4)nnc3c2)c1. The fraction of sp³-hybridized carbons (Fsp3) is 0.280. The Morgan fingerprint density at radius 2 is 1.97 bits per heavy atom. The number of rotatable bonds is 7. The molecule has 0 unspecified atom stereocenters. The maximum Gasteiger partial charge on any atom is 0.247 e. The van der Waals surface area contributed by atoms with Crippen molar-refractivity contribution in [1.82, 2.24) is 25.1 Å². The van der Waals surface area contributed by atoms with E-state index < -0.39 is 0 Å². The van der Waals surface area contributed by atoms with Crippen molar-refractivity contribution >= 4 is 34.3 Å². The second-order valence-corrected chi connectivity index (χ2v) is 8.63. The number of nitrogens with one attached hydrogen (secondary N) is 1.